The molecule has 1 N–H and O–H groups in total. The summed E-state index contributed by atoms with van der Waals surface area (Å²) in [6, 6.07) is 9.73. The van der Waals surface area contributed by atoms with Crippen molar-refractivity contribution in [3.63, 3.8) is 0 Å². The number of furan rings is 1. The fourth-order valence-electron chi connectivity index (χ4n) is 2.37. The summed E-state index contributed by atoms with van der Waals surface area (Å²) in [5.74, 6) is 0.886. The molecule has 8 heteroatoms. The van der Waals surface area contributed by atoms with Gasteiger partial charge < -0.3 is 23.7 Å². The van der Waals surface area contributed by atoms with Gasteiger partial charge in [0.1, 0.15) is 29.5 Å². The molecule has 2 heterocycles. The molecule has 0 unspecified atom stereocenters. The van der Waals surface area contributed by atoms with Gasteiger partial charge in [-0.25, -0.2) is 4.79 Å². The number of hydrogen-bond acceptors (Lipinski definition) is 7. The van der Waals surface area contributed by atoms with Crippen molar-refractivity contribution in [2.45, 2.75) is 20.5 Å². The van der Waals surface area contributed by atoms with Crippen LogP contribution in [-0.4, -0.2) is 24.1 Å². The van der Waals surface area contributed by atoms with Crippen molar-refractivity contribution < 1.29 is 28.0 Å². The minimum Gasteiger partial charge on any atom is -0.486 e. The van der Waals surface area contributed by atoms with Crippen LogP contribution >= 0.6 is 0 Å². The molecular formula is C19H18N2O6. The van der Waals surface area contributed by atoms with Crippen LogP contribution in [0.2, 0.25) is 0 Å². The van der Waals surface area contributed by atoms with Crippen LogP contribution in [0.4, 0.5) is 5.69 Å². The molecule has 0 aliphatic heterocycles. The molecule has 0 aliphatic carbocycles. The van der Waals surface area contributed by atoms with Crippen molar-refractivity contribution in [2.24, 2.45) is 0 Å². The van der Waals surface area contributed by atoms with E-state index in [1.54, 1.807) is 50.2 Å². The van der Waals surface area contributed by atoms with Gasteiger partial charge in [-0.1, -0.05) is 5.16 Å². The third-order valence-corrected chi connectivity index (χ3v) is 3.81. The average Bonchev–Trinajstić information content (AvgIpc) is 3.28. The zero-order valence-electron chi connectivity index (χ0n) is 15.1. The van der Waals surface area contributed by atoms with E-state index in [1.807, 2.05) is 0 Å². The molecule has 27 heavy (non-hydrogen) atoms. The van der Waals surface area contributed by atoms with E-state index in [0.717, 1.165) is 0 Å². The Hall–Kier alpha value is -3.55. The summed E-state index contributed by atoms with van der Waals surface area (Å²) in [4.78, 5) is 23.7. The largest absolute Gasteiger partial charge is 0.486 e. The number of carbonyl (C=O) groups excluding carboxylic acids is 2. The number of benzene rings is 1. The van der Waals surface area contributed by atoms with E-state index in [4.69, 9.17) is 13.7 Å². The second kappa shape index (κ2) is 7.77. The number of anilines is 1. The average molecular weight is 370 g/mol. The van der Waals surface area contributed by atoms with Gasteiger partial charge >= 0.3 is 5.97 Å². The van der Waals surface area contributed by atoms with E-state index in [0.29, 0.717) is 34.2 Å². The van der Waals surface area contributed by atoms with Crippen LogP contribution in [0, 0.1) is 13.8 Å². The van der Waals surface area contributed by atoms with Crippen molar-refractivity contribution in [1.82, 2.24) is 5.16 Å². The first kappa shape index (κ1) is 18.2. The summed E-state index contributed by atoms with van der Waals surface area (Å²) in [7, 11) is 1.32. The number of carbonyl (C=O) groups is 2. The smallest absolute Gasteiger partial charge is 0.337 e. The van der Waals surface area contributed by atoms with Crippen LogP contribution in [-0.2, 0) is 11.3 Å². The lowest BCUT2D eigenvalue weighted by Gasteiger charge is -2.05. The molecule has 3 aromatic rings. The fraction of sp³-hybridized carbons (Fsp3) is 0.211. The minimum atomic E-state index is -0.415. The Morgan fingerprint density at radius 1 is 1.11 bits per heavy atom. The normalized spacial score (nSPS) is 10.5. The fourth-order valence-corrected chi connectivity index (χ4v) is 2.37. The van der Waals surface area contributed by atoms with E-state index < -0.39 is 11.9 Å². The Bertz CT molecular complexity index is 935. The standard InChI is InChI=1S/C19H18N2O6/c1-11-17(12(2)27-21-11)20-18(22)16-9-8-15(26-16)10-25-14-6-4-13(5-7-14)19(23)24-3/h4-9H,10H2,1-3H3,(H,20,22). The predicted octanol–water partition coefficient (Wildman–Crippen LogP) is 3.50. The first-order valence-corrected chi connectivity index (χ1v) is 8.12. The lowest BCUT2D eigenvalue weighted by Crippen LogP contribution is -2.12. The van der Waals surface area contributed by atoms with Gasteiger partial charge in [-0.05, 0) is 50.2 Å². The number of esters is 1. The molecular weight excluding hydrogens is 352 g/mol. The van der Waals surface area contributed by atoms with Gasteiger partial charge in [-0.15, -0.1) is 0 Å². The second-order valence-corrected chi connectivity index (χ2v) is 5.72. The van der Waals surface area contributed by atoms with Crippen molar-refractivity contribution in [3.8, 4) is 5.75 Å². The van der Waals surface area contributed by atoms with Crippen LogP contribution < -0.4 is 10.1 Å². The molecule has 1 amide bonds. The van der Waals surface area contributed by atoms with E-state index in [1.165, 1.54) is 7.11 Å². The monoisotopic (exact) mass is 370 g/mol. The van der Waals surface area contributed by atoms with Gasteiger partial charge in [-0.2, -0.15) is 0 Å². The molecule has 8 nitrogen and oxygen atoms in total. The third-order valence-electron chi connectivity index (χ3n) is 3.81. The van der Waals surface area contributed by atoms with Crippen LogP contribution in [0.1, 0.15) is 38.1 Å². The van der Waals surface area contributed by atoms with Gasteiger partial charge in [0.2, 0.25) is 0 Å². The summed E-state index contributed by atoms with van der Waals surface area (Å²) in [6.07, 6.45) is 0. The van der Waals surface area contributed by atoms with Gasteiger partial charge in [0.15, 0.2) is 11.5 Å². The highest BCUT2D eigenvalue weighted by molar-refractivity contribution is 6.02. The molecule has 140 valence electrons. The van der Waals surface area contributed by atoms with Crippen LogP contribution in [0.5, 0.6) is 5.75 Å². The molecule has 0 saturated heterocycles. The van der Waals surface area contributed by atoms with Crippen LogP contribution in [0.25, 0.3) is 0 Å². The number of hydrogen-bond donors (Lipinski definition) is 1. The predicted molar refractivity (Wildman–Crippen MR) is 94.8 cm³/mol. The summed E-state index contributed by atoms with van der Waals surface area (Å²) < 4.78 is 20.8. The molecule has 0 atom stereocenters. The topological polar surface area (TPSA) is 104 Å². The van der Waals surface area contributed by atoms with Gasteiger partial charge in [0.05, 0.1) is 12.7 Å². The highest BCUT2D eigenvalue weighted by Gasteiger charge is 2.17. The van der Waals surface area contributed by atoms with E-state index in [9.17, 15) is 9.59 Å². The number of aromatic nitrogens is 1. The Kier molecular flexibility index (Phi) is 5.25. The zero-order chi connectivity index (χ0) is 19.4. The summed E-state index contributed by atoms with van der Waals surface area (Å²) in [5.41, 5.74) is 1.55. The number of ether oxygens (including phenoxy) is 2. The third kappa shape index (κ3) is 4.17. The molecule has 0 radical (unpaired) electrons. The number of nitrogens with one attached hydrogen (secondary N) is 1. The summed E-state index contributed by atoms with van der Waals surface area (Å²) in [5, 5.41) is 6.49. The molecule has 2 aromatic heterocycles. The Morgan fingerprint density at radius 3 is 2.48 bits per heavy atom. The number of rotatable bonds is 6. The van der Waals surface area contributed by atoms with Crippen molar-refractivity contribution >= 4 is 17.6 Å². The molecule has 0 fully saturated rings. The minimum absolute atomic E-state index is 0.135. The van der Waals surface area contributed by atoms with Crippen molar-refractivity contribution in [2.75, 3.05) is 12.4 Å². The van der Waals surface area contributed by atoms with E-state index in [-0.39, 0.29) is 12.4 Å². The second-order valence-electron chi connectivity index (χ2n) is 5.72. The zero-order valence-corrected chi connectivity index (χ0v) is 15.1. The Balaban J connectivity index is 1.59. The lowest BCUT2D eigenvalue weighted by molar-refractivity contribution is 0.0600. The van der Waals surface area contributed by atoms with Crippen molar-refractivity contribution in [3.05, 3.63) is 64.9 Å². The molecule has 0 aliphatic rings. The maximum absolute atomic E-state index is 12.3. The Labute approximate surface area is 155 Å². The quantitative estimate of drug-likeness (QED) is 0.662. The number of amides is 1. The Morgan fingerprint density at radius 2 is 1.85 bits per heavy atom. The van der Waals surface area contributed by atoms with Gasteiger partial charge in [0, 0.05) is 0 Å². The molecule has 1 aromatic carbocycles. The first-order chi connectivity index (χ1) is 13.0. The summed E-state index contributed by atoms with van der Waals surface area (Å²) >= 11 is 0. The molecule has 3 rings (SSSR count). The molecule has 0 saturated carbocycles. The summed E-state index contributed by atoms with van der Waals surface area (Å²) in [6.45, 7) is 3.58. The molecule has 0 spiro atoms. The highest BCUT2D eigenvalue weighted by atomic mass is 16.5. The maximum Gasteiger partial charge on any atom is 0.337 e. The van der Waals surface area contributed by atoms with Crippen LogP contribution in [0.3, 0.4) is 0 Å². The molecule has 0 bridgehead atoms. The lowest BCUT2D eigenvalue weighted by atomic mass is 10.2. The first-order valence-electron chi connectivity index (χ1n) is 8.12. The SMILES string of the molecule is COC(=O)c1ccc(OCc2ccc(C(=O)Nc3c(C)noc3C)o2)cc1. The highest BCUT2D eigenvalue weighted by Crippen LogP contribution is 2.21. The van der Waals surface area contributed by atoms with Crippen molar-refractivity contribution in [1.29, 1.82) is 0 Å². The van der Waals surface area contributed by atoms with Crippen LogP contribution in [0.15, 0.2) is 45.3 Å². The maximum atomic E-state index is 12.3. The van der Waals surface area contributed by atoms with E-state index >= 15 is 0 Å². The number of methoxy groups -OCH3 is 1. The number of aryl methyl sites for hydroxylation is 2. The van der Waals surface area contributed by atoms with E-state index in [2.05, 4.69) is 15.2 Å². The number of nitrogens with zero attached hydrogens (tertiary/aromatic N) is 1. The van der Waals surface area contributed by atoms with Gasteiger partial charge in [-0.3, -0.25) is 4.79 Å². The van der Waals surface area contributed by atoms with Gasteiger partial charge in [0.25, 0.3) is 5.91 Å².